The first-order chi connectivity index (χ1) is 10.2. The van der Waals surface area contributed by atoms with E-state index in [1.807, 2.05) is 6.92 Å². The number of hydrogen-bond donors (Lipinski definition) is 2. The van der Waals surface area contributed by atoms with Gasteiger partial charge >= 0.3 is 6.03 Å². The third-order valence-corrected chi connectivity index (χ3v) is 5.13. The van der Waals surface area contributed by atoms with E-state index in [0.717, 1.165) is 31.7 Å². The zero-order chi connectivity index (χ0) is 15.1. The van der Waals surface area contributed by atoms with Crippen LogP contribution >= 0.6 is 0 Å². The Kier molecular flexibility index (Phi) is 6.81. The molecule has 2 amide bonds. The fourth-order valence-electron chi connectivity index (χ4n) is 3.92. The summed E-state index contributed by atoms with van der Waals surface area (Å²) >= 11 is 0. The number of nitrogens with one attached hydrogen (secondary N) is 1. The van der Waals surface area contributed by atoms with E-state index in [2.05, 4.69) is 10.2 Å². The maximum Gasteiger partial charge on any atom is 0.317 e. The molecule has 0 aromatic carbocycles. The molecule has 4 heteroatoms. The van der Waals surface area contributed by atoms with Crippen LogP contribution in [0.15, 0.2) is 0 Å². The molecule has 2 unspecified atom stereocenters. The lowest BCUT2D eigenvalue weighted by atomic mass is 9.84. The number of rotatable bonds is 6. The average molecular weight is 296 g/mol. The lowest BCUT2D eigenvalue weighted by molar-refractivity contribution is 0.173. The summed E-state index contributed by atoms with van der Waals surface area (Å²) in [5, 5.41) is 12.0. The van der Waals surface area contributed by atoms with E-state index >= 15 is 0 Å². The van der Waals surface area contributed by atoms with Crippen molar-refractivity contribution in [2.24, 2.45) is 5.92 Å². The molecule has 0 aromatic heterocycles. The van der Waals surface area contributed by atoms with E-state index in [4.69, 9.17) is 5.11 Å². The first kappa shape index (κ1) is 16.6. The molecule has 0 aromatic rings. The minimum absolute atomic E-state index is 0.110. The average Bonchev–Trinajstić information content (AvgIpc) is 2.94. The van der Waals surface area contributed by atoms with E-state index in [0.29, 0.717) is 6.04 Å². The molecule has 1 aliphatic heterocycles. The van der Waals surface area contributed by atoms with Crippen molar-refractivity contribution in [1.82, 2.24) is 10.2 Å². The summed E-state index contributed by atoms with van der Waals surface area (Å²) in [6, 6.07) is 0.720. The highest BCUT2D eigenvalue weighted by molar-refractivity contribution is 5.75. The molecule has 21 heavy (non-hydrogen) atoms. The van der Waals surface area contributed by atoms with Crippen molar-refractivity contribution in [3.8, 4) is 0 Å². The van der Waals surface area contributed by atoms with E-state index in [9.17, 15) is 4.79 Å². The van der Waals surface area contributed by atoms with Crippen LogP contribution in [0.1, 0.15) is 71.1 Å². The molecule has 2 N–H and O–H groups in total. The quantitative estimate of drug-likeness (QED) is 0.790. The number of carbonyl (C=O) groups excluding carboxylic acids is 1. The van der Waals surface area contributed by atoms with Gasteiger partial charge in [-0.1, -0.05) is 32.1 Å². The topological polar surface area (TPSA) is 52.6 Å². The predicted molar refractivity (Wildman–Crippen MR) is 85.2 cm³/mol. The van der Waals surface area contributed by atoms with Crippen LogP contribution in [0.4, 0.5) is 4.79 Å². The summed E-state index contributed by atoms with van der Waals surface area (Å²) in [5.74, 6) is 0.837. The summed E-state index contributed by atoms with van der Waals surface area (Å²) in [7, 11) is 0. The number of hydrogen-bond acceptors (Lipinski definition) is 2. The van der Waals surface area contributed by atoms with Gasteiger partial charge in [0.25, 0.3) is 0 Å². The molecule has 0 spiro atoms. The van der Waals surface area contributed by atoms with E-state index in [1.165, 1.54) is 44.9 Å². The van der Waals surface area contributed by atoms with Crippen LogP contribution in [-0.4, -0.2) is 41.3 Å². The van der Waals surface area contributed by atoms with Crippen LogP contribution < -0.4 is 5.32 Å². The van der Waals surface area contributed by atoms with Gasteiger partial charge in [0.05, 0.1) is 0 Å². The number of urea groups is 1. The third-order valence-electron chi connectivity index (χ3n) is 5.13. The Hall–Kier alpha value is -0.770. The number of aliphatic hydroxyl groups excluding tert-OH is 1. The molecular weight excluding hydrogens is 264 g/mol. The molecule has 1 heterocycles. The van der Waals surface area contributed by atoms with Gasteiger partial charge in [-0.3, -0.25) is 0 Å². The minimum atomic E-state index is 0.110. The number of aliphatic hydroxyl groups is 1. The van der Waals surface area contributed by atoms with Gasteiger partial charge < -0.3 is 15.3 Å². The van der Waals surface area contributed by atoms with Crippen molar-refractivity contribution in [2.75, 3.05) is 13.2 Å². The van der Waals surface area contributed by atoms with E-state index in [-0.39, 0.29) is 18.7 Å². The van der Waals surface area contributed by atoms with Gasteiger partial charge in [-0.2, -0.15) is 0 Å². The summed E-state index contributed by atoms with van der Waals surface area (Å²) in [6.45, 7) is 3.14. The largest absolute Gasteiger partial charge is 0.396 e. The van der Waals surface area contributed by atoms with E-state index in [1.54, 1.807) is 0 Å². The highest BCUT2D eigenvalue weighted by Gasteiger charge is 2.31. The summed E-state index contributed by atoms with van der Waals surface area (Å²) in [4.78, 5) is 14.5. The summed E-state index contributed by atoms with van der Waals surface area (Å²) in [6.07, 6.45) is 12.0. The Morgan fingerprint density at radius 2 is 2.00 bits per heavy atom. The Morgan fingerprint density at radius 1 is 1.24 bits per heavy atom. The maximum atomic E-state index is 12.4. The van der Waals surface area contributed by atoms with Gasteiger partial charge in [0, 0.05) is 25.2 Å². The molecular formula is C17H32N2O2. The smallest absolute Gasteiger partial charge is 0.317 e. The van der Waals surface area contributed by atoms with Gasteiger partial charge in [0.2, 0.25) is 0 Å². The van der Waals surface area contributed by atoms with Crippen LogP contribution in [0.3, 0.4) is 0 Å². The Morgan fingerprint density at radius 3 is 2.71 bits per heavy atom. The summed E-state index contributed by atoms with van der Waals surface area (Å²) < 4.78 is 0. The highest BCUT2D eigenvalue weighted by Crippen LogP contribution is 2.32. The zero-order valence-electron chi connectivity index (χ0n) is 13.5. The van der Waals surface area contributed by atoms with Crippen molar-refractivity contribution >= 4 is 6.03 Å². The molecule has 1 saturated carbocycles. The molecule has 122 valence electrons. The SMILES string of the molecule is CC(CCCO)NC(=O)N1CCCC1CC1CCCCC1. The van der Waals surface area contributed by atoms with Crippen LogP contribution in [0.25, 0.3) is 0 Å². The van der Waals surface area contributed by atoms with Gasteiger partial charge in [0.1, 0.15) is 0 Å². The fraction of sp³-hybridized carbons (Fsp3) is 0.941. The van der Waals surface area contributed by atoms with Gasteiger partial charge in [-0.05, 0) is 44.9 Å². The molecule has 1 aliphatic carbocycles. The number of likely N-dealkylation sites (tertiary alicyclic amines) is 1. The molecule has 2 rings (SSSR count). The molecule has 2 fully saturated rings. The molecule has 0 radical (unpaired) electrons. The molecule has 2 atom stereocenters. The normalized spacial score (nSPS) is 25.0. The second-order valence-corrected chi connectivity index (χ2v) is 6.95. The van der Waals surface area contributed by atoms with E-state index < -0.39 is 0 Å². The fourth-order valence-corrected chi connectivity index (χ4v) is 3.92. The second kappa shape index (κ2) is 8.62. The first-order valence-corrected chi connectivity index (χ1v) is 8.88. The van der Waals surface area contributed by atoms with Crippen molar-refractivity contribution < 1.29 is 9.90 Å². The van der Waals surface area contributed by atoms with Crippen LogP contribution in [0, 0.1) is 5.92 Å². The third kappa shape index (κ3) is 5.17. The van der Waals surface area contributed by atoms with Crippen LogP contribution in [0.5, 0.6) is 0 Å². The molecule has 4 nitrogen and oxygen atoms in total. The zero-order valence-corrected chi connectivity index (χ0v) is 13.5. The van der Waals surface area contributed by atoms with Crippen molar-refractivity contribution in [3.63, 3.8) is 0 Å². The lowest BCUT2D eigenvalue weighted by Gasteiger charge is -2.31. The standard InChI is InChI=1S/C17H32N2O2/c1-14(7-6-12-20)18-17(21)19-11-5-10-16(19)13-15-8-3-2-4-9-15/h14-16,20H,2-13H2,1H3,(H,18,21). The first-order valence-electron chi connectivity index (χ1n) is 8.88. The monoisotopic (exact) mass is 296 g/mol. The second-order valence-electron chi connectivity index (χ2n) is 6.95. The lowest BCUT2D eigenvalue weighted by Crippen LogP contribution is -2.46. The molecule has 0 bridgehead atoms. The molecule has 1 saturated heterocycles. The van der Waals surface area contributed by atoms with Crippen molar-refractivity contribution in [3.05, 3.63) is 0 Å². The van der Waals surface area contributed by atoms with Crippen LogP contribution in [-0.2, 0) is 0 Å². The van der Waals surface area contributed by atoms with Crippen LogP contribution in [0.2, 0.25) is 0 Å². The number of amides is 2. The van der Waals surface area contributed by atoms with Gasteiger partial charge in [0.15, 0.2) is 0 Å². The molecule has 2 aliphatic rings. The minimum Gasteiger partial charge on any atom is -0.396 e. The van der Waals surface area contributed by atoms with Gasteiger partial charge in [-0.25, -0.2) is 4.79 Å². The number of carbonyl (C=O) groups is 1. The Labute approximate surface area is 129 Å². The Balaban J connectivity index is 1.78. The summed E-state index contributed by atoms with van der Waals surface area (Å²) in [5.41, 5.74) is 0. The Bertz CT molecular complexity index is 316. The van der Waals surface area contributed by atoms with Gasteiger partial charge in [-0.15, -0.1) is 0 Å². The maximum absolute atomic E-state index is 12.4. The predicted octanol–water partition coefficient (Wildman–Crippen LogP) is 3.29. The highest BCUT2D eigenvalue weighted by atomic mass is 16.3. The number of nitrogens with zero attached hydrogens (tertiary/aromatic N) is 1. The van der Waals surface area contributed by atoms with Crippen molar-refractivity contribution in [2.45, 2.75) is 83.2 Å². The van der Waals surface area contributed by atoms with Crippen molar-refractivity contribution in [1.29, 1.82) is 0 Å².